The molecule has 3 N–H and O–H groups in total. The molecule has 0 radical (unpaired) electrons. The van der Waals surface area contributed by atoms with Crippen molar-refractivity contribution in [2.45, 2.75) is 12.7 Å². The second kappa shape index (κ2) is 6.33. The molecular weight excluding hydrogens is 385 g/mol. The van der Waals surface area contributed by atoms with Gasteiger partial charge in [-0.3, -0.25) is 0 Å². The summed E-state index contributed by atoms with van der Waals surface area (Å²) in [7, 11) is 0. The fraction of sp³-hybridized carbons (Fsp3) is 0.154. The Morgan fingerprint density at radius 3 is 2.57 bits per heavy atom. The van der Waals surface area contributed by atoms with Gasteiger partial charge < -0.3 is 11.1 Å². The number of thiophene rings is 1. The lowest BCUT2D eigenvalue weighted by Gasteiger charge is -2.14. The molecule has 1 aromatic carbocycles. The summed E-state index contributed by atoms with van der Waals surface area (Å²) < 4.78 is 40.0. The van der Waals surface area contributed by atoms with Crippen molar-refractivity contribution in [3.63, 3.8) is 0 Å². The molecule has 0 saturated heterocycles. The van der Waals surface area contributed by atoms with Crippen molar-refractivity contribution in [2.75, 3.05) is 5.32 Å². The van der Waals surface area contributed by atoms with Crippen LogP contribution in [0, 0.1) is 0 Å². The number of rotatable bonds is 4. The molecule has 21 heavy (non-hydrogen) atoms. The van der Waals surface area contributed by atoms with E-state index in [9.17, 15) is 13.2 Å². The molecule has 0 atom stereocenters. The lowest BCUT2D eigenvalue weighted by Crippen LogP contribution is -2.18. The maximum absolute atomic E-state index is 13.0. The van der Waals surface area contributed by atoms with Crippen LogP contribution in [0.1, 0.15) is 16.0 Å². The number of nitrogens with two attached hydrogens (primary N) is 1. The van der Waals surface area contributed by atoms with Gasteiger partial charge in [0, 0.05) is 32.5 Å². The summed E-state index contributed by atoms with van der Waals surface area (Å²) >= 11 is 9.50. The molecule has 112 valence electrons. The van der Waals surface area contributed by atoms with Crippen molar-refractivity contribution in [3.8, 4) is 0 Å². The number of hydrogen-bond acceptors (Lipinski definition) is 3. The molecule has 2 aromatic rings. The zero-order chi connectivity index (χ0) is 15.6. The SMILES string of the molecule is NC(=S)c1ccc(NCc2cc(Br)cs2)cc1C(F)(F)F. The van der Waals surface area contributed by atoms with Crippen LogP contribution in [0.15, 0.2) is 34.1 Å². The molecule has 0 unspecified atom stereocenters. The first-order valence-corrected chi connectivity index (χ1v) is 7.83. The Balaban J connectivity index is 2.23. The predicted octanol–water partition coefficient (Wildman–Crippen LogP) is 4.78. The second-order valence-corrected chi connectivity index (χ2v) is 6.56. The smallest absolute Gasteiger partial charge is 0.389 e. The molecule has 1 aromatic heterocycles. The van der Waals surface area contributed by atoms with E-state index in [4.69, 9.17) is 5.73 Å². The predicted molar refractivity (Wildman–Crippen MR) is 86.7 cm³/mol. The third-order valence-electron chi connectivity index (χ3n) is 2.68. The van der Waals surface area contributed by atoms with Crippen molar-refractivity contribution in [2.24, 2.45) is 5.73 Å². The van der Waals surface area contributed by atoms with Gasteiger partial charge in [0.25, 0.3) is 0 Å². The molecule has 0 saturated carbocycles. The van der Waals surface area contributed by atoms with Crippen molar-refractivity contribution in [1.82, 2.24) is 0 Å². The lowest BCUT2D eigenvalue weighted by atomic mass is 10.1. The highest BCUT2D eigenvalue weighted by molar-refractivity contribution is 9.10. The maximum Gasteiger partial charge on any atom is 0.417 e. The summed E-state index contributed by atoms with van der Waals surface area (Å²) in [5.74, 6) is 0. The third-order valence-corrected chi connectivity index (χ3v) is 4.60. The summed E-state index contributed by atoms with van der Waals surface area (Å²) in [5.41, 5.74) is 4.71. The molecule has 0 aliphatic carbocycles. The minimum absolute atomic E-state index is 0.165. The highest BCUT2D eigenvalue weighted by atomic mass is 79.9. The minimum Gasteiger partial charge on any atom is -0.389 e. The van der Waals surface area contributed by atoms with E-state index in [1.54, 1.807) is 0 Å². The van der Waals surface area contributed by atoms with Gasteiger partial charge in [0.2, 0.25) is 0 Å². The Kier molecular flexibility index (Phi) is 4.90. The van der Waals surface area contributed by atoms with Crippen molar-refractivity contribution in [3.05, 3.63) is 50.1 Å². The molecule has 0 bridgehead atoms. The van der Waals surface area contributed by atoms with Crippen LogP contribution in [-0.4, -0.2) is 4.99 Å². The zero-order valence-electron chi connectivity index (χ0n) is 10.5. The van der Waals surface area contributed by atoms with E-state index in [2.05, 4.69) is 33.5 Å². The normalized spacial score (nSPS) is 11.4. The fourth-order valence-corrected chi connectivity index (χ4v) is 3.31. The lowest BCUT2D eigenvalue weighted by molar-refractivity contribution is -0.137. The molecule has 0 aliphatic heterocycles. The van der Waals surface area contributed by atoms with Gasteiger partial charge >= 0.3 is 6.18 Å². The van der Waals surface area contributed by atoms with Crippen LogP contribution in [0.2, 0.25) is 0 Å². The summed E-state index contributed by atoms with van der Waals surface area (Å²) in [4.78, 5) is 0.741. The van der Waals surface area contributed by atoms with Gasteiger partial charge in [-0.2, -0.15) is 13.2 Å². The first-order valence-electron chi connectivity index (χ1n) is 5.75. The first-order chi connectivity index (χ1) is 9.77. The number of benzene rings is 1. The van der Waals surface area contributed by atoms with Crippen molar-refractivity contribution in [1.29, 1.82) is 0 Å². The molecular formula is C13H10BrF3N2S2. The summed E-state index contributed by atoms with van der Waals surface area (Å²) in [6.07, 6.45) is -4.50. The Labute approximate surface area is 137 Å². The van der Waals surface area contributed by atoms with Gasteiger partial charge in [0.05, 0.1) is 5.56 Å². The van der Waals surface area contributed by atoms with Crippen LogP contribution in [-0.2, 0) is 12.7 Å². The van der Waals surface area contributed by atoms with Gasteiger partial charge in [-0.15, -0.1) is 11.3 Å². The average molecular weight is 395 g/mol. The number of anilines is 1. The number of halogens is 4. The Morgan fingerprint density at radius 1 is 1.33 bits per heavy atom. The Morgan fingerprint density at radius 2 is 2.05 bits per heavy atom. The molecule has 2 nitrogen and oxygen atoms in total. The number of thiocarbonyl (C=S) groups is 1. The van der Waals surface area contributed by atoms with Crippen LogP contribution >= 0.6 is 39.5 Å². The van der Waals surface area contributed by atoms with E-state index in [1.165, 1.54) is 23.5 Å². The molecule has 1 heterocycles. The van der Waals surface area contributed by atoms with Crippen molar-refractivity contribution < 1.29 is 13.2 Å². The number of hydrogen-bond donors (Lipinski definition) is 2. The van der Waals surface area contributed by atoms with Gasteiger partial charge in [0.15, 0.2) is 0 Å². The zero-order valence-corrected chi connectivity index (χ0v) is 13.7. The largest absolute Gasteiger partial charge is 0.417 e. The summed E-state index contributed by atoms with van der Waals surface area (Å²) in [6, 6.07) is 5.76. The average Bonchev–Trinajstić information content (AvgIpc) is 2.81. The monoisotopic (exact) mass is 394 g/mol. The highest BCUT2D eigenvalue weighted by Gasteiger charge is 2.34. The number of nitrogens with one attached hydrogen (secondary N) is 1. The Bertz CT molecular complexity index is 668. The standard InChI is InChI=1S/C13H10BrF3N2S2/c14-7-3-9(21-6-7)5-19-8-1-2-10(12(18)20)11(4-8)13(15,16)17/h1-4,6,19H,5H2,(H2,18,20). The fourth-order valence-electron chi connectivity index (χ4n) is 1.74. The van der Waals surface area contributed by atoms with Crippen LogP contribution < -0.4 is 11.1 Å². The van der Waals surface area contributed by atoms with Gasteiger partial charge in [0.1, 0.15) is 4.99 Å². The molecule has 2 rings (SSSR count). The molecule has 0 amide bonds. The van der Waals surface area contributed by atoms with Crippen LogP contribution in [0.25, 0.3) is 0 Å². The number of alkyl halides is 3. The van der Waals surface area contributed by atoms with Crippen molar-refractivity contribution >= 4 is 50.2 Å². The Hall–Kier alpha value is -1.12. The van der Waals surface area contributed by atoms with Gasteiger partial charge in [-0.05, 0) is 40.2 Å². The highest BCUT2D eigenvalue weighted by Crippen LogP contribution is 2.34. The molecule has 0 aliphatic rings. The third kappa shape index (κ3) is 4.18. The van der Waals surface area contributed by atoms with E-state index in [1.807, 2.05) is 11.4 Å². The van der Waals surface area contributed by atoms with E-state index in [-0.39, 0.29) is 10.6 Å². The summed E-state index contributed by atoms with van der Waals surface area (Å²) in [6.45, 7) is 0.444. The van der Waals surface area contributed by atoms with Crippen LogP contribution in [0.3, 0.4) is 0 Å². The van der Waals surface area contributed by atoms with Crippen LogP contribution in [0.5, 0.6) is 0 Å². The van der Waals surface area contributed by atoms with E-state index < -0.39 is 11.7 Å². The maximum atomic E-state index is 13.0. The summed E-state index contributed by atoms with van der Waals surface area (Å²) in [5, 5.41) is 4.87. The van der Waals surface area contributed by atoms with E-state index >= 15 is 0 Å². The van der Waals surface area contributed by atoms with E-state index in [0.29, 0.717) is 12.2 Å². The molecule has 0 spiro atoms. The van der Waals surface area contributed by atoms with Gasteiger partial charge in [-0.1, -0.05) is 12.2 Å². The topological polar surface area (TPSA) is 38.0 Å². The molecule has 8 heteroatoms. The second-order valence-electron chi connectivity index (χ2n) is 4.21. The van der Waals surface area contributed by atoms with Gasteiger partial charge in [-0.25, -0.2) is 0 Å². The van der Waals surface area contributed by atoms with Crippen LogP contribution in [0.4, 0.5) is 18.9 Å². The first kappa shape index (κ1) is 16.3. The minimum atomic E-state index is -4.50. The molecule has 0 fully saturated rings. The van der Waals surface area contributed by atoms with E-state index in [0.717, 1.165) is 15.4 Å². The quantitative estimate of drug-likeness (QED) is 0.733.